The molecule has 3 aromatic heterocycles. The highest BCUT2D eigenvalue weighted by atomic mass is 14.7. The molecular weight excluding hydrogens is 991 g/mol. The van der Waals surface area contributed by atoms with E-state index in [2.05, 4.69) is 174 Å². The van der Waals surface area contributed by atoms with Crippen molar-refractivity contribution in [3.63, 3.8) is 0 Å². The summed E-state index contributed by atoms with van der Waals surface area (Å²) in [7, 11) is 0. The second kappa shape index (κ2) is 19.8. The molecule has 4 fully saturated rings. The second-order valence-electron chi connectivity index (χ2n) is 30.4. The van der Waals surface area contributed by atoms with Crippen LogP contribution in [0.25, 0.3) is 44.9 Å². The van der Waals surface area contributed by atoms with E-state index in [9.17, 15) is 5.48 Å². The van der Waals surface area contributed by atoms with Crippen LogP contribution in [0.3, 0.4) is 0 Å². The zero-order valence-electron chi connectivity index (χ0n) is 55.2. The molecule has 3 heterocycles. The average Bonchev–Trinajstić information content (AvgIpc) is 0.963. The highest BCUT2D eigenvalue weighted by molar-refractivity contribution is 5.74. The van der Waals surface area contributed by atoms with Gasteiger partial charge in [0.15, 0.2) is 0 Å². The van der Waals surface area contributed by atoms with Crippen molar-refractivity contribution >= 4 is 0 Å². The minimum atomic E-state index is -2.52. The Balaban J connectivity index is 0.856. The first-order valence-corrected chi connectivity index (χ1v) is 31.0. The van der Waals surface area contributed by atoms with Crippen molar-refractivity contribution in [3.05, 3.63) is 219 Å². The lowest BCUT2D eigenvalue weighted by Gasteiger charge is -2.57. The van der Waals surface area contributed by atoms with Crippen molar-refractivity contribution in [2.24, 2.45) is 17.8 Å². The van der Waals surface area contributed by atoms with E-state index in [1.807, 2.05) is 60.9 Å². The van der Waals surface area contributed by atoms with E-state index in [1.54, 1.807) is 6.20 Å². The largest absolute Gasteiger partial charge is 0.256 e. The first-order valence-electron chi connectivity index (χ1n) is 33.0. The maximum atomic E-state index is 10.3. The van der Waals surface area contributed by atoms with Gasteiger partial charge in [-0.15, -0.1) is 0 Å². The molecule has 3 heteroatoms. The second-order valence-corrected chi connectivity index (χ2v) is 30.4. The van der Waals surface area contributed by atoms with Gasteiger partial charge in [-0.05, 0) is 235 Å². The summed E-state index contributed by atoms with van der Waals surface area (Å²) >= 11 is 0. The molecule has 0 aliphatic heterocycles. The van der Waals surface area contributed by atoms with Crippen LogP contribution in [0, 0.1) is 17.8 Å². The Labute approximate surface area is 497 Å². The molecule has 0 amide bonds. The van der Waals surface area contributed by atoms with E-state index in [0.29, 0.717) is 24.0 Å². The van der Waals surface area contributed by atoms with Gasteiger partial charge >= 0.3 is 0 Å². The van der Waals surface area contributed by atoms with Crippen LogP contribution in [0.5, 0.6) is 0 Å². The monoisotopic (exact) mass is 1080 g/mol. The molecule has 8 aromatic rings. The third-order valence-electron chi connectivity index (χ3n) is 20.9. The van der Waals surface area contributed by atoms with Crippen molar-refractivity contribution in [2.75, 3.05) is 0 Å². The molecule has 4 saturated carbocycles. The molecule has 0 saturated heterocycles. The summed E-state index contributed by atoms with van der Waals surface area (Å²) in [5.41, 5.74) is 18.8. The number of aryl methyl sites for hydroxylation is 2. The van der Waals surface area contributed by atoms with Gasteiger partial charge in [0.2, 0.25) is 0 Å². The van der Waals surface area contributed by atoms with Crippen LogP contribution in [0.1, 0.15) is 201 Å². The summed E-state index contributed by atoms with van der Waals surface area (Å²) in [6, 6.07) is 49.6. The predicted molar refractivity (Wildman–Crippen MR) is 343 cm³/mol. The van der Waals surface area contributed by atoms with Gasteiger partial charge in [0.05, 0.1) is 17.1 Å². The maximum Gasteiger partial charge on any atom is 0.0708 e. The van der Waals surface area contributed by atoms with Gasteiger partial charge in [0.25, 0.3) is 0 Å². The summed E-state index contributed by atoms with van der Waals surface area (Å²) in [5.74, 6) is 2.47. The molecule has 3 nitrogen and oxygen atoms in total. The standard InChI is InChI=1S/C79H89N3/c1-73(2,63-26-30-70(81-47-63)59-22-28-66-68(38-59)77(9,10)49-75(66,5)6)41-52-32-51(33-53(34-52)42-74(3,4)64-27-31-71(82-48-64)60-23-29-67-69(39-60)78(11,12)50-76(67,7)8)18-19-61-46-80-72(58-16-14-13-15-17-58)40-65(61)57-20-24-62(25-21-57)79-43-54-35-55(44-79)37-56(36-54)45-79/h13-17,20-34,38-40,46-48,54-56H,18-19,35-37,41-45,49-50H2,1-12H3/i18D2,19D2. The minimum absolute atomic E-state index is 0.0835. The van der Waals surface area contributed by atoms with Gasteiger partial charge in [0.1, 0.15) is 0 Å². The van der Waals surface area contributed by atoms with Crippen LogP contribution in [0.2, 0.25) is 0 Å². The smallest absolute Gasteiger partial charge is 0.0708 e. The summed E-state index contributed by atoms with van der Waals surface area (Å²) in [4.78, 5) is 15.2. The quantitative estimate of drug-likeness (QED) is 0.109. The Morgan fingerprint density at radius 1 is 0.427 bits per heavy atom. The van der Waals surface area contributed by atoms with Crippen LogP contribution in [0.15, 0.2) is 158 Å². The van der Waals surface area contributed by atoms with Crippen molar-refractivity contribution in [3.8, 4) is 44.9 Å². The number of hydrogen-bond donors (Lipinski definition) is 0. The molecule has 4 bridgehead atoms. The van der Waals surface area contributed by atoms with E-state index in [0.717, 1.165) is 92.2 Å². The van der Waals surface area contributed by atoms with Crippen molar-refractivity contribution in [1.29, 1.82) is 0 Å². The van der Waals surface area contributed by atoms with Crippen LogP contribution < -0.4 is 0 Å². The summed E-state index contributed by atoms with van der Waals surface area (Å²) in [5, 5.41) is 0. The summed E-state index contributed by atoms with van der Waals surface area (Å²) in [6.45, 7) is 27.8. The number of nitrogens with zero attached hydrogens (tertiary/aromatic N) is 3. The highest BCUT2D eigenvalue weighted by Crippen LogP contribution is 2.61. The van der Waals surface area contributed by atoms with E-state index in [4.69, 9.17) is 15.0 Å². The molecule has 420 valence electrons. The third-order valence-corrected chi connectivity index (χ3v) is 20.9. The van der Waals surface area contributed by atoms with E-state index >= 15 is 0 Å². The molecular formula is C79H89N3. The van der Waals surface area contributed by atoms with Crippen molar-refractivity contribution < 1.29 is 5.48 Å². The van der Waals surface area contributed by atoms with Gasteiger partial charge in [-0.2, -0.15) is 0 Å². The lowest BCUT2D eigenvalue weighted by atomic mass is 9.48. The zero-order valence-corrected chi connectivity index (χ0v) is 51.2. The van der Waals surface area contributed by atoms with E-state index in [-0.39, 0.29) is 32.6 Å². The normalized spacial score (nSPS) is 23.6. The fourth-order valence-electron chi connectivity index (χ4n) is 17.7. The molecule has 0 spiro atoms. The van der Waals surface area contributed by atoms with Gasteiger partial charge < -0.3 is 0 Å². The Hall–Kier alpha value is -6.45. The Morgan fingerprint density at radius 2 is 0.878 bits per heavy atom. The van der Waals surface area contributed by atoms with Crippen molar-refractivity contribution in [2.45, 2.75) is 198 Å². The fourth-order valence-corrected chi connectivity index (χ4v) is 17.7. The molecule has 6 aliphatic rings. The topological polar surface area (TPSA) is 38.7 Å². The Kier molecular flexibility index (Phi) is 12.1. The van der Waals surface area contributed by atoms with Gasteiger partial charge in [0, 0.05) is 40.8 Å². The number of benzene rings is 5. The van der Waals surface area contributed by atoms with Crippen LogP contribution in [0.4, 0.5) is 0 Å². The first kappa shape index (κ1) is 50.1. The molecule has 0 N–H and O–H groups in total. The highest BCUT2D eigenvalue weighted by Gasteiger charge is 2.51. The number of pyridine rings is 3. The lowest BCUT2D eigenvalue weighted by molar-refractivity contribution is -0.00518. The number of rotatable bonds is 14. The summed E-state index contributed by atoms with van der Waals surface area (Å²) in [6.07, 6.45) is 12.0. The molecule has 0 radical (unpaired) electrons. The van der Waals surface area contributed by atoms with Crippen LogP contribution >= 0.6 is 0 Å². The first-order chi connectivity index (χ1) is 40.4. The maximum absolute atomic E-state index is 10.3. The Morgan fingerprint density at radius 3 is 1.35 bits per heavy atom. The molecule has 6 aliphatic carbocycles. The zero-order chi connectivity index (χ0) is 60.8. The molecule has 14 rings (SSSR count). The van der Waals surface area contributed by atoms with Gasteiger partial charge in [-0.3, -0.25) is 15.0 Å². The number of aromatic nitrogens is 3. The molecule has 0 unspecified atom stereocenters. The lowest BCUT2D eigenvalue weighted by Crippen LogP contribution is -2.48. The molecule has 5 aromatic carbocycles. The SMILES string of the molecule is [2H]C([2H])(c1cc(CC(C)(C)c2ccc(-c3ccc4c(c3)C(C)(C)CC4(C)C)nc2)cc(CC(C)(C)c2ccc(-c3ccc4c(c3)C(C)(C)CC4(C)C)nc2)c1)C([2H])([2H])c1cnc(-c2ccccc2)cc1-c1ccc(C23CC4CC(CC(C4)C2)C3)cc1. The number of hydrogen-bond acceptors (Lipinski definition) is 3. The minimum Gasteiger partial charge on any atom is -0.256 e. The number of fused-ring (bicyclic) bond motifs is 2. The van der Waals surface area contributed by atoms with E-state index in [1.165, 1.54) is 66.3 Å². The van der Waals surface area contributed by atoms with Gasteiger partial charge in [-0.25, -0.2) is 0 Å². The Bertz CT molecular complexity index is 3710. The van der Waals surface area contributed by atoms with Crippen LogP contribution in [-0.4, -0.2) is 15.0 Å². The molecule has 0 atom stereocenters. The molecule has 82 heavy (non-hydrogen) atoms. The van der Waals surface area contributed by atoms with Gasteiger partial charge in [-0.1, -0.05) is 192 Å². The third kappa shape index (κ3) is 10.2. The van der Waals surface area contributed by atoms with Crippen LogP contribution in [-0.2, 0) is 63.5 Å². The summed E-state index contributed by atoms with van der Waals surface area (Å²) < 4.78 is 41.0. The fraction of sp³-hybridized carbons (Fsp3) is 0.430. The average molecular weight is 1080 g/mol. The van der Waals surface area contributed by atoms with E-state index < -0.39 is 23.6 Å². The van der Waals surface area contributed by atoms with Crippen molar-refractivity contribution in [1.82, 2.24) is 15.0 Å². The predicted octanol–water partition coefficient (Wildman–Crippen LogP) is 19.8.